The minimum atomic E-state index is 0.783. The first-order valence-electron chi connectivity index (χ1n) is 5.28. The molecule has 0 amide bonds. The van der Waals surface area contributed by atoms with Gasteiger partial charge in [0, 0.05) is 0 Å². The molecule has 2 rings (SSSR count). The molecule has 0 N–H and O–H groups in total. The molecule has 0 spiro atoms. The summed E-state index contributed by atoms with van der Waals surface area (Å²) in [5, 5.41) is 6.49. The Morgan fingerprint density at radius 3 is 2.73 bits per heavy atom. The molecule has 1 aromatic rings. The molecular formula is C12H16N2O. The van der Waals surface area contributed by atoms with Gasteiger partial charge < -0.3 is 4.74 Å². The second-order valence-corrected chi connectivity index (χ2v) is 3.67. The number of morpholine rings is 1. The molecule has 1 aliphatic rings. The Bertz CT molecular complexity index is 343. The second-order valence-electron chi connectivity index (χ2n) is 3.67. The van der Waals surface area contributed by atoms with Crippen LogP contribution in [0.5, 0.6) is 0 Å². The van der Waals surface area contributed by atoms with E-state index in [4.69, 9.17) is 4.74 Å². The molecule has 0 atom stereocenters. The van der Waals surface area contributed by atoms with E-state index in [1.807, 2.05) is 18.3 Å². The highest BCUT2D eigenvalue weighted by Crippen LogP contribution is 2.04. The zero-order chi connectivity index (χ0) is 10.5. The van der Waals surface area contributed by atoms with Crippen LogP contribution in [-0.4, -0.2) is 37.5 Å². The Hall–Kier alpha value is -1.35. The summed E-state index contributed by atoms with van der Waals surface area (Å²) < 4.78 is 5.26. The average molecular weight is 204 g/mol. The van der Waals surface area contributed by atoms with Crippen LogP contribution in [0.3, 0.4) is 0 Å². The molecule has 0 saturated carbocycles. The molecule has 0 aromatic heterocycles. The van der Waals surface area contributed by atoms with E-state index in [0.717, 1.165) is 26.3 Å². The van der Waals surface area contributed by atoms with E-state index in [-0.39, 0.29) is 0 Å². The van der Waals surface area contributed by atoms with Crippen molar-refractivity contribution >= 4 is 6.21 Å². The SMILES string of the molecule is Cc1ccccc1C=NN1CCOCC1. The first kappa shape index (κ1) is 10.2. The van der Waals surface area contributed by atoms with Crippen molar-refractivity contribution in [2.24, 2.45) is 5.10 Å². The van der Waals surface area contributed by atoms with Crippen molar-refractivity contribution in [1.29, 1.82) is 0 Å². The van der Waals surface area contributed by atoms with Gasteiger partial charge in [0.15, 0.2) is 0 Å². The third-order valence-electron chi connectivity index (χ3n) is 2.54. The normalized spacial score (nSPS) is 17.3. The molecule has 3 heteroatoms. The number of ether oxygens (including phenoxy) is 1. The maximum absolute atomic E-state index is 5.26. The number of nitrogens with zero attached hydrogens (tertiary/aromatic N) is 2. The van der Waals surface area contributed by atoms with Crippen LogP contribution < -0.4 is 0 Å². The number of hydrogen-bond acceptors (Lipinski definition) is 3. The standard InChI is InChI=1S/C12H16N2O/c1-11-4-2-3-5-12(11)10-13-14-6-8-15-9-7-14/h2-5,10H,6-9H2,1H3. The monoisotopic (exact) mass is 204 g/mol. The van der Waals surface area contributed by atoms with Crippen molar-refractivity contribution in [1.82, 2.24) is 5.01 Å². The van der Waals surface area contributed by atoms with Crippen molar-refractivity contribution in [2.45, 2.75) is 6.92 Å². The van der Waals surface area contributed by atoms with Crippen LogP contribution in [0, 0.1) is 6.92 Å². The van der Waals surface area contributed by atoms with Crippen LogP contribution in [-0.2, 0) is 4.74 Å². The van der Waals surface area contributed by atoms with Gasteiger partial charge in [-0.25, -0.2) is 0 Å². The maximum atomic E-state index is 5.26. The number of hydrogen-bond donors (Lipinski definition) is 0. The van der Waals surface area contributed by atoms with Gasteiger partial charge in [-0.05, 0) is 18.1 Å². The fourth-order valence-electron chi connectivity index (χ4n) is 1.54. The van der Waals surface area contributed by atoms with Gasteiger partial charge >= 0.3 is 0 Å². The summed E-state index contributed by atoms with van der Waals surface area (Å²) in [5.74, 6) is 0. The van der Waals surface area contributed by atoms with Crippen LogP contribution in [0.25, 0.3) is 0 Å². The third kappa shape index (κ3) is 2.80. The summed E-state index contributed by atoms with van der Waals surface area (Å²) in [6, 6.07) is 8.26. The molecule has 1 aromatic carbocycles. The summed E-state index contributed by atoms with van der Waals surface area (Å²) in [6.45, 7) is 5.45. The lowest BCUT2D eigenvalue weighted by atomic mass is 10.1. The Morgan fingerprint density at radius 2 is 2.00 bits per heavy atom. The summed E-state index contributed by atoms with van der Waals surface area (Å²) in [6.07, 6.45) is 1.93. The second kappa shape index (κ2) is 4.94. The quantitative estimate of drug-likeness (QED) is 0.684. The summed E-state index contributed by atoms with van der Waals surface area (Å²) in [7, 11) is 0. The van der Waals surface area contributed by atoms with Gasteiger partial charge in [0.25, 0.3) is 0 Å². The highest BCUT2D eigenvalue weighted by molar-refractivity contribution is 5.81. The van der Waals surface area contributed by atoms with Crippen molar-refractivity contribution < 1.29 is 4.74 Å². The molecular weight excluding hydrogens is 188 g/mol. The maximum Gasteiger partial charge on any atom is 0.0659 e. The predicted molar refractivity (Wildman–Crippen MR) is 61.2 cm³/mol. The largest absolute Gasteiger partial charge is 0.378 e. The Labute approximate surface area is 90.4 Å². The molecule has 3 nitrogen and oxygen atoms in total. The molecule has 0 radical (unpaired) electrons. The lowest BCUT2D eigenvalue weighted by molar-refractivity contribution is 0.0397. The van der Waals surface area contributed by atoms with Gasteiger partial charge in [0.1, 0.15) is 0 Å². The molecule has 1 heterocycles. The Morgan fingerprint density at radius 1 is 1.27 bits per heavy atom. The molecule has 0 aliphatic carbocycles. The Balaban J connectivity index is 2.01. The molecule has 80 valence electrons. The molecule has 15 heavy (non-hydrogen) atoms. The van der Waals surface area contributed by atoms with E-state index in [2.05, 4.69) is 29.2 Å². The van der Waals surface area contributed by atoms with Crippen LogP contribution in [0.1, 0.15) is 11.1 Å². The first-order chi connectivity index (χ1) is 7.36. The fraction of sp³-hybridized carbons (Fsp3) is 0.417. The van der Waals surface area contributed by atoms with E-state index in [1.54, 1.807) is 0 Å². The number of benzene rings is 1. The number of hydrazone groups is 1. The van der Waals surface area contributed by atoms with Gasteiger partial charge in [-0.15, -0.1) is 0 Å². The lowest BCUT2D eigenvalue weighted by Crippen LogP contribution is -2.32. The van der Waals surface area contributed by atoms with E-state index in [1.165, 1.54) is 11.1 Å². The van der Waals surface area contributed by atoms with Gasteiger partial charge in [0.05, 0.1) is 32.5 Å². The number of rotatable bonds is 2. The molecule has 1 saturated heterocycles. The average Bonchev–Trinajstić information content (AvgIpc) is 2.29. The zero-order valence-corrected chi connectivity index (χ0v) is 9.02. The van der Waals surface area contributed by atoms with E-state index >= 15 is 0 Å². The minimum absolute atomic E-state index is 0.783. The van der Waals surface area contributed by atoms with E-state index < -0.39 is 0 Å². The van der Waals surface area contributed by atoms with Gasteiger partial charge in [0.2, 0.25) is 0 Å². The highest BCUT2D eigenvalue weighted by atomic mass is 16.5. The number of aryl methyl sites for hydroxylation is 1. The summed E-state index contributed by atoms with van der Waals surface area (Å²) in [4.78, 5) is 0. The van der Waals surface area contributed by atoms with Crippen LogP contribution in [0.2, 0.25) is 0 Å². The lowest BCUT2D eigenvalue weighted by Gasteiger charge is -2.23. The van der Waals surface area contributed by atoms with Gasteiger partial charge in [-0.1, -0.05) is 24.3 Å². The van der Waals surface area contributed by atoms with Crippen LogP contribution >= 0.6 is 0 Å². The smallest absolute Gasteiger partial charge is 0.0659 e. The highest BCUT2D eigenvalue weighted by Gasteiger charge is 2.06. The van der Waals surface area contributed by atoms with Gasteiger partial charge in [-0.2, -0.15) is 5.10 Å². The summed E-state index contributed by atoms with van der Waals surface area (Å²) in [5.41, 5.74) is 2.44. The van der Waals surface area contributed by atoms with E-state index in [0.29, 0.717) is 0 Å². The van der Waals surface area contributed by atoms with Crippen molar-refractivity contribution in [3.8, 4) is 0 Å². The fourth-order valence-corrected chi connectivity index (χ4v) is 1.54. The molecule has 1 aliphatic heterocycles. The minimum Gasteiger partial charge on any atom is -0.378 e. The van der Waals surface area contributed by atoms with Crippen molar-refractivity contribution in [3.05, 3.63) is 35.4 Å². The van der Waals surface area contributed by atoms with Crippen molar-refractivity contribution in [2.75, 3.05) is 26.3 Å². The van der Waals surface area contributed by atoms with Crippen LogP contribution in [0.15, 0.2) is 29.4 Å². The topological polar surface area (TPSA) is 24.8 Å². The van der Waals surface area contributed by atoms with Crippen LogP contribution in [0.4, 0.5) is 0 Å². The summed E-state index contributed by atoms with van der Waals surface area (Å²) >= 11 is 0. The van der Waals surface area contributed by atoms with Crippen molar-refractivity contribution in [3.63, 3.8) is 0 Å². The molecule has 1 fully saturated rings. The first-order valence-corrected chi connectivity index (χ1v) is 5.28. The third-order valence-corrected chi connectivity index (χ3v) is 2.54. The molecule has 0 bridgehead atoms. The zero-order valence-electron chi connectivity index (χ0n) is 9.02. The predicted octanol–water partition coefficient (Wildman–Crippen LogP) is 1.66. The molecule has 0 unspecified atom stereocenters. The van der Waals surface area contributed by atoms with E-state index in [9.17, 15) is 0 Å². The van der Waals surface area contributed by atoms with Gasteiger partial charge in [-0.3, -0.25) is 5.01 Å². The Kier molecular flexibility index (Phi) is 3.35.